The summed E-state index contributed by atoms with van der Waals surface area (Å²) in [6.45, 7) is 1.77. The zero-order chi connectivity index (χ0) is 9.84. The van der Waals surface area contributed by atoms with Crippen LogP contribution in [-0.4, -0.2) is 16.9 Å². The Balaban J connectivity index is 2.93. The van der Waals surface area contributed by atoms with E-state index in [-0.39, 0.29) is 11.3 Å². The summed E-state index contributed by atoms with van der Waals surface area (Å²) in [6.07, 6.45) is 0.437. The maximum atomic E-state index is 11.1. The Morgan fingerprint density at radius 1 is 1.15 bits per heavy atom. The average molecular weight is 178 g/mol. The molecule has 0 unspecified atom stereocenters. The van der Waals surface area contributed by atoms with Crippen molar-refractivity contribution in [2.75, 3.05) is 0 Å². The summed E-state index contributed by atoms with van der Waals surface area (Å²) in [5, 5.41) is 8.59. The summed E-state index contributed by atoms with van der Waals surface area (Å²) in [6, 6.07) is 5.95. The van der Waals surface area contributed by atoms with E-state index in [1.54, 1.807) is 6.92 Å². The van der Waals surface area contributed by atoms with Crippen molar-refractivity contribution in [3.63, 3.8) is 0 Å². The predicted molar refractivity (Wildman–Crippen MR) is 48.0 cm³/mol. The Morgan fingerprint density at radius 3 is 2.00 bits per heavy atom. The van der Waals surface area contributed by atoms with E-state index < -0.39 is 5.97 Å². The molecule has 13 heavy (non-hydrogen) atoms. The number of Topliss-reactive ketones (excluding diaryl/α,β-unsaturated/α-hetero) is 1. The van der Waals surface area contributed by atoms with Crippen molar-refractivity contribution in [1.82, 2.24) is 0 Å². The van der Waals surface area contributed by atoms with Gasteiger partial charge in [-0.1, -0.05) is 19.1 Å². The van der Waals surface area contributed by atoms with E-state index >= 15 is 0 Å². The predicted octanol–water partition coefficient (Wildman–Crippen LogP) is 1.98. The molecule has 0 heterocycles. The number of carbonyl (C=O) groups excluding carboxylic acids is 1. The topological polar surface area (TPSA) is 54.4 Å². The van der Waals surface area contributed by atoms with Gasteiger partial charge < -0.3 is 5.11 Å². The third-order valence-corrected chi connectivity index (χ3v) is 1.77. The third kappa shape index (κ3) is 2.15. The number of benzene rings is 1. The highest BCUT2D eigenvalue weighted by Crippen LogP contribution is 2.06. The molecule has 0 spiro atoms. The van der Waals surface area contributed by atoms with Crippen LogP contribution in [0.15, 0.2) is 24.3 Å². The van der Waals surface area contributed by atoms with Gasteiger partial charge >= 0.3 is 5.97 Å². The van der Waals surface area contributed by atoms with Crippen LogP contribution in [0.2, 0.25) is 0 Å². The highest BCUT2D eigenvalue weighted by molar-refractivity contribution is 5.97. The van der Waals surface area contributed by atoms with Gasteiger partial charge in [-0.05, 0) is 12.1 Å². The Kier molecular flexibility index (Phi) is 2.80. The number of hydrogen-bond donors (Lipinski definition) is 1. The van der Waals surface area contributed by atoms with Gasteiger partial charge in [0.05, 0.1) is 5.56 Å². The molecule has 0 aliphatic rings. The first-order chi connectivity index (χ1) is 6.15. The van der Waals surface area contributed by atoms with E-state index in [0.717, 1.165) is 0 Å². The molecule has 0 saturated heterocycles. The SMILES string of the molecule is CCC(=O)c1ccc(C(=O)O)cc1. The molecule has 1 N–H and O–H groups in total. The van der Waals surface area contributed by atoms with Gasteiger partial charge in [-0.2, -0.15) is 0 Å². The second-order valence-electron chi connectivity index (χ2n) is 2.66. The summed E-state index contributed by atoms with van der Waals surface area (Å²) < 4.78 is 0. The van der Waals surface area contributed by atoms with Crippen LogP contribution in [0.1, 0.15) is 34.1 Å². The van der Waals surface area contributed by atoms with Crippen LogP contribution in [-0.2, 0) is 0 Å². The minimum Gasteiger partial charge on any atom is -0.478 e. The standard InChI is InChI=1S/C10H10O3/c1-2-9(11)7-3-5-8(6-4-7)10(12)13/h3-6H,2H2,1H3,(H,12,13). The summed E-state index contributed by atoms with van der Waals surface area (Å²) in [5.74, 6) is -0.951. The molecule has 1 aromatic rings. The summed E-state index contributed by atoms with van der Waals surface area (Å²) in [4.78, 5) is 21.6. The Labute approximate surface area is 76.0 Å². The lowest BCUT2D eigenvalue weighted by atomic mass is 10.1. The minimum absolute atomic E-state index is 0.0249. The Bertz CT molecular complexity index is 325. The molecule has 1 aromatic carbocycles. The quantitative estimate of drug-likeness (QED) is 0.720. The van der Waals surface area contributed by atoms with E-state index in [1.807, 2.05) is 0 Å². The molecular weight excluding hydrogens is 168 g/mol. The molecule has 0 aliphatic heterocycles. The average Bonchev–Trinajstić information content (AvgIpc) is 2.17. The van der Waals surface area contributed by atoms with E-state index in [2.05, 4.69) is 0 Å². The number of ketones is 1. The van der Waals surface area contributed by atoms with Crippen molar-refractivity contribution in [3.05, 3.63) is 35.4 Å². The van der Waals surface area contributed by atoms with E-state index in [1.165, 1.54) is 24.3 Å². The molecule has 1 rings (SSSR count). The van der Waals surface area contributed by atoms with Gasteiger partial charge in [-0.3, -0.25) is 4.79 Å². The fourth-order valence-electron chi connectivity index (χ4n) is 1.00. The fourth-order valence-corrected chi connectivity index (χ4v) is 1.00. The molecule has 0 atom stereocenters. The van der Waals surface area contributed by atoms with Crippen molar-refractivity contribution in [2.45, 2.75) is 13.3 Å². The van der Waals surface area contributed by atoms with Gasteiger partial charge in [-0.15, -0.1) is 0 Å². The van der Waals surface area contributed by atoms with Crippen LogP contribution in [0.3, 0.4) is 0 Å². The largest absolute Gasteiger partial charge is 0.478 e. The highest BCUT2D eigenvalue weighted by Gasteiger charge is 2.05. The molecule has 0 aromatic heterocycles. The van der Waals surface area contributed by atoms with Crippen LogP contribution in [0.4, 0.5) is 0 Å². The van der Waals surface area contributed by atoms with Crippen molar-refractivity contribution in [1.29, 1.82) is 0 Å². The Morgan fingerprint density at radius 2 is 1.62 bits per heavy atom. The molecule has 0 radical (unpaired) electrons. The van der Waals surface area contributed by atoms with Gasteiger partial charge in [0.15, 0.2) is 5.78 Å². The number of carboxylic acid groups (broad SMARTS) is 1. The monoisotopic (exact) mass is 178 g/mol. The second kappa shape index (κ2) is 3.85. The number of carboxylic acids is 1. The highest BCUT2D eigenvalue weighted by atomic mass is 16.4. The first kappa shape index (κ1) is 9.45. The summed E-state index contributed by atoms with van der Waals surface area (Å²) >= 11 is 0. The van der Waals surface area contributed by atoms with Crippen LogP contribution < -0.4 is 0 Å². The molecule has 0 amide bonds. The zero-order valence-corrected chi connectivity index (χ0v) is 7.28. The van der Waals surface area contributed by atoms with Gasteiger partial charge in [0, 0.05) is 12.0 Å². The van der Waals surface area contributed by atoms with Gasteiger partial charge in [0.1, 0.15) is 0 Å². The molecule has 3 nitrogen and oxygen atoms in total. The lowest BCUT2D eigenvalue weighted by molar-refractivity contribution is 0.0696. The van der Waals surface area contributed by atoms with Crippen molar-refractivity contribution in [2.24, 2.45) is 0 Å². The maximum Gasteiger partial charge on any atom is 0.335 e. The van der Waals surface area contributed by atoms with Crippen LogP contribution in [0.5, 0.6) is 0 Å². The van der Waals surface area contributed by atoms with Crippen LogP contribution in [0, 0.1) is 0 Å². The Hall–Kier alpha value is -1.64. The molecule has 0 aliphatic carbocycles. The van der Waals surface area contributed by atoms with E-state index in [9.17, 15) is 9.59 Å². The number of carbonyl (C=O) groups is 2. The number of aromatic carboxylic acids is 1. The molecule has 3 heteroatoms. The fraction of sp³-hybridized carbons (Fsp3) is 0.200. The lowest BCUT2D eigenvalue weighted by Crippen LogP contribution is -1.99. The smallest absolute Gasteiger partial charge is 0.335 e. The molecule has 0 bridgehead atoms. The van der Waals surface area contributed by atoms with Crippen molar-refractivity contribution in [3.8, 4) is 0 Å². The second-order valence-corrected chi connectivity index (χ2v) is 2.66. The minimum atomic E-state index is -0.976. The van der Waals surface area contributed by atoms with Gasteiger partial charge in [-0.25, -0.2) is 4.79 Å². The molecule has 0 fully saturated rings. The lowest BCUT2D eigenvalue weighted by Gasteiger charge is -1.97. The van der Waals surface area contributed by atoms with Crippen molar-refractivity contribution >= 4 is 11.8 Å². The number of rotatable bonds is 3. The van der Waals surface area contributed by atoms with Crippen molar-refractivity contribution < 1.29 is 14.7 Å². The van der Waals surface area contributed by atoms with E-state index in [0.29, 0.717) is 12.0 Å². The summed E-state index contributed by atoms with van der Waals surface area (Å²) in [5.41, 5.74) is 0.764. The summed E-state index contributed by atoms with van der Waals surface area (Å²) in [7, 11) is 0. The number of hydrogen-bond acceptors (Lipinski definition) is 2. The third-order valence-electron chi connectivity index (χ3n) is 1.77. The maximum absolute atomic E-state index is 11.1. The first-order valence-electron chi connectivity index (χ1n) is 4.01. The van der Waals surface area contributed by atoms with Crippen LogP contribution in [0.25, 0.3) is 0 Å². The van der Waals surface area contributed by atoms with Crippen LogP contribution >= 0.6 is 0 Å². The molecule has 68 valence electrons. The van der Waals surface area contributed by atoms with E-state index in [4.69, 9.17) is 5.11 Å². The molecule has 0 saturated carbocycles. The first-order valence-corrected chi connectivity index (χ1v) is 4.01. The zero-order valence-electron chi connectivity index (χ0n) is 7.28. The van der Waals surface area contributed by atoms with Gasteiger partial charge in [0.2, 0.25) is 0 Å². The molecular formula is C10H10O3. The normalized spacial score (nSPS) is 9.62. The van der Waals surface area contributed by atoms with Gasteiger partial charge in [0.25, 0.3) is 0 Å².